The first kappa shape index (κ1) is 13.5. The van der Waals surface area contributed by atoms with Crippen molar-refractivity contribution in [3.63, 3.8) is 0 Å². The molecular formula is C17H17FO. The number of benzene rings is 2. The minimum absolute atomic E-state index is 0.0560. The first-order chi connectivity index (χ1) is 8.88. The molecule has 0 saturated carbocycles. The Kier molecular flexibility index (Phi) is 3.52. The molecule has 19 heavy (non-hydrogen) atoms. The number of ketones is 1. The molecule has 2 heteroatoms. The predicted molar refractivity (Wildman–Crippen MR) is 75.0 cm³/mol. The van der Waals surface area contributed by atoms with E-state index in [0.717, 1.165) is 0 Å². The summed E-state index contributed by atoms with van der Waals surface area (Å²) in [6, 6.07) is 13.3. The summed E-state index contributed by atoms with van der Waals surface area (Å²) >= 11 is 0. The number of carbonyl (C=O) groups is 1. The van der Waals surface area contributed by atoms with Gasteiger partial charge < -0.3 is 0 Å². The predicted octanol–water partition coefficient (Wildman–Crippen LogP) is 4.35. The van der Waals surface area contributed by atoms with Crippen molar-refractivity contribution < 1.29 is 9.18 Å². The van der Waals surface area contributed by atoms with Gasteiger partial charge in [-0.05, 0) is 23.1 Å². The standard InChI is InChI=1S/C17H17FO/c1-17(2,3)14-9-7-12(8-10-14)16(19)13-5-4-6-15(18)11-13/h4-11H,1-3H3. The molecule has 0 aromatic heterocycles. The lowest BCUT2D eigenvalue weighted by Gasteiger charge is -2.19. The normalized spacial score (nSPS) is 11.4. The number of halogens is 1. The van der Waals surface area contributed by atoms with Crippen LogP contribution in [-0.4, -0.2) is 5.78 Å². The summed E-state index contributed by atoms with van der Waals surface area (Å²) in [5.74, 6) is -0.544. The molecule has 2 aromatic rings. The lowest BCUT2D eigenvalue weighted by Crippen LogP contribution is -2.11. The van der Waals surface area contributed by atoms with Crippen molar-refractivity contribution in [2.45, 2.75) is 26.2 Å². The fourth-order valence-corrected chi connectivity index (χ4v) is 1.92. The van der Waals surface area contributed by atoms with Crippen molar-refractivity contribution in [1.29, 1.82) is 0 Å². The quantitative estimate of drug-likeness (QED) is 0.730. The Labute approximate surface area is 113 Å². The second-order valence-corrected chi connectivity index (χ2v) is 5.67. The maximum Gasteiger partial charge on any atom is 0.193 e. The van der Waals surface area contributed by atoms with Crippen LogP contribution < -0.4 is 0 Å². The van der Waals surface area contributed by atoms with Crippen molar-refractivity contribution in [2.24, 2.45) is 0 Å². The van der Waals surface area contributed by atoms with Gasteiger partial charge in [-0.1, -0.05) is 57.2 Å². The molecule has 0 aliphatic carbocycles. The van der Waals surface area contributed by atoms with Gasteiger partial charge in [0.25, 0.3) is 0 Å². The highest BCUT2D eigenvalue weighted by molar-refractivity contribution is 6.08. The third kappa shape index (κ3) is 3.08. The van der Waals surface area contributed by atoms with Gasteiger partial charge in [-0.3, -0.25) is 4.79 Å². The zero-order valence-corrected chi connectivity index (χ0v) is 11.4. The van der Waals surface area contributed by atoms with Gasteiger partial charge in [0.2, 0.25) is 0 Å². The highest BCUT2D eigenvalue weighted by atomic mass is 19.1. The van der Waals surface area contributed by atoms with Gasteiger partial charge in [0.15, 0.2) is 5.78 Å². The molecule has 2 rings (SSSR count). The molecule has 2 aromatic carbocycles. The molecule has 0 unspecified atom stereocenters. The van der Waals surface area contributed by atoms with E-state index >= 15 is 0 Å². The van der Waals surface area contributed by atoms with Crippen LogP contribution in [-0.2, 0) is 5.41 Å². The van der Waals surface area contributed by atoms with E-state index in [1.54, 1.807) is 24.3 Å². The highest BCUT2D eigenvalue weighted by Gasteiger charge is 2.15. The summed E-state index contributed by atoms with van der Waals surface area (Å²) in [6.07, 6.45) is 0. The van der Waals surface area contributed by atoms with Crippen molar-refractivity contribution >= 4 is 5.78 Å². The van der Waals surface area contributed by atoms with Gasteiger partial charge in [-0.15, -0.1) is 0 Å². The van der Waals surface area contributed by atoms with Gasteiger partial charge in [0.05, 0.1) is 0 Å². The Bertz CT molecular complexity index is 591. The topological polar surface area (TPSA) is 17.1 Å². The second-order valence-electron chi connectivity index (χ2n) is 5.67. The molecule has 0 spiro atoms. The summed E-state index contributed by atoms with van der Waals surface area (Å²) in [6.45, 7) is 6.36. The molecule has 0 bridgehead atoms. The van der Waals surface area contributed by atoms with Crippen LogP contribution in [0.5, 0.6) is 0 Å². The van der Waals surface area contributed by atoms with E-state index in [-0.39, 0.29) is 11.2 Å². The number of hydrogen-bond acceptors (Lipinski definition) is 1. The van der Waals surface area contributed by atoms with Gasteiger partial charge in [0.1, 0.15) is 5.82 Å². The third-order valence-electron chi connectivity index (χ3n) is 3.10. The molecule has 98 valence electrons. The Morgan fingerprint density at radius 1 is 0.947 bits per heavy atom. The van der Waals surface area contributed by atoms with Crippen LogP contribution in [0.15, 0.2) is 48.5 Å². The van der Waals surface area contributed by atoms with Crippen LogP contribution in [0.25, 0.3) is 0 Å². The van der Waals surface area contributed by atoms with Crippen LogP contribution in [0.1, 0.15) is 42.3 Å². The zero-order valence-electron chi connectivity index (χ0n) is 11.4. The minimum Gasteiger partial charge on any atom is -0.289 e. The van der Waals surface area contributed by atoms with Crippen LogP contribution in [0.4, 0.5) is 4.39 Å². The molecule has 0 fully saturated rings. The maximum absolute atomic E-state index is 13.1. The molecule has 0 heterocycles. The average Bonchev–Trinajstić information content (AvgIpc) is 2.37. The average molecular weight is 256 g/mol. The smallest absolute Gasteiger partial charge is 0.193 e. The Morgan fingerprint density at radius 2 is 1.58 bits per heavy atom. The van der Waals surface area contributed by atoms with E-state index in [1.165, 1.54) is 17.7 Å². The summed E-state index contributed by atoms with van der Waals surface area (Å²) in [7, 11) is 0. The molecule has 0 radical (unpaired) electrons. The van der Waals surface area contributed by atoms with Crippen molar-refractivity contribution in [2.75, 3.05) is 0 Å². The summed E-state index contributed by atoms with van der Waals surface area (Å²) in [5.41, 5.74) is 2.19. The van der Waals surface area contributed by atoms with Crippen molar-refractivity contribution in [3.05, 3.63) is 71.0 Å². The Morgan fingerprint density at radius 3 is 2.11 bits per heavy atom. The minimum atomic E-state index is -0.392. The fourth-order valence-electron chi connectivity index (χ4n) is 1.92. The fraction of sp³-hybridized carbons (Fsp3) is 0.235. The SMILES string of the molecule is CC(C)(C)c1ccc(C(=O)c2cccc(F)c2)cc1. The summed E-state index contributed by atoms with van der Waals surface area (Å²) in [4.78, 5) is 12.2. The van der Waals surface area contributed by atoms with Gasteiger partial charge >= 0.3 is 0 Å². The summed E-state index contributed by atoms with van der Waals surface area (Å²) < 4.78 is 13.1. The first-order valence-corrected chi connectivity index (χ1v) is 6.29. The lowest BCUT2D eigenvalue weighted by molar-refractivity contribution is 0.103. The second kappa shape index (κ2) is 4.96. The molecule has 0 saturated heterocycles. The largest absolute Gasteiger partial charge is 0.289 e. The Balaban J connectivity index is 2.30. The lowest BCUT2D eigenvalue weighted by atomic mass is 9.86. The molecule has 0 atom stereocenters. The first-order valence-electron chi connectivity index (χ1n) is 6.29. The van der Waals surface area contributed by atoms with Crippen molar-refractivity contribution in [1.82, 2.24) is 0 Å². The van der Waals surface area contributed by atoms with Gasteiger partial charge in [-0.2, -0.15) is 0 Å². The summed E-state index contributed by atoms with van der Waals surface area (Å²) in [5, 5.41) is 0. The van der Waals surface area contributed by atoms with Gasteiger partial charge in [-0.25, -0.2) is 4.39 Å². The number of rotatable bonds is 2. The molecular weight excluding hydrogens is 239 g/mol. The van der Waals surface area contributed by atoms with E-state index in [0.29, 0.717) is 11.1 Å². The number of hydrogen-bond donors (Lipinski definition) is 0. The van der Waals surface area contributed by atoms with Crippen LogP contribution in [0.2, 0.25) is 0 Å². The van der Waals surface area contributed by atoms with Crippen LogP contribution in [0, 0.1) is 5.82 Å². The van der Waals surface area contributed by atoms with E-state index in [2.05, 4.69) is 20.8 Å². The molecule has 0 amide bonds. The van der Waals surface area contributed by atoms with E-state index in [9.17, 15) is 9.18 Å². The van der Waals surface area contributed by atoms with Gasteiger partial charge in [0, 0.05) is 11.1 Å². The monoisotopic (exact) mass is 256 g/mol. The maximum atomic E-state index is 13.1. The van der Waals surface area contributed by atoms with Crippen molar-refractivity contribution in [3.8, 4) is 0 Å². The zero-order chi connectivity index (χ0) is 14.0. The molecule has 1 nitrogen and oxygen atoms in total. The molecule has 0 aliphatic rings. The molecule has 0 N–H and O–H groups in total. The van der Waals surface area contributed by atoms with E-state index in [4.69, 9.17) is 0 Å². The third-order valence-corrected chi connectivity index (χ3v) is 3.10. The highest BCUT2D eigenvalue weighted by Crippen LogP contribution is 2.23. The van der Waals surface area contributed by atoms with Crippen LogP contribution in [0.3, 0.4) is 0 Å². The van der Waals surface area contributed by atoms with E-state index < -0.39 is 5.82 Å². The Hall–Kier alpha value is -1.96. The number of carbonyl (C=O) groups excluding carboxylic acids is 1. The van der Waals surface area contributed by atoms with E-state index in [1.807, 2.05) is 12.1 Å². The molecule has 0 aliphatic heterocycles. The van der Waals surface area contributed by atoms with Crippen LogP contribution >= 0.6 is 0 Å².